The third kappa shape index (κ3) is 5.80. The highest BCUT2D eigenvalue weighted by atomic mass is 32.3. The number of hydrogen-bond donors (Lipinski definition) is 3. The van der Waals surface area contributed by atoms with E-state index in [1.165, 1.54) is 12.1 Å². The van der Waals surface area contributed by atoms with E-state index in [0.717, 1.165) is 64.8 Å². The normalized spacial score (nSPS) is 17.1. The van der Waals surface area contributed by atoms with E-state index in [4.69, 9.17) is 13.7 Å². The molecule has 5 rings (SSSR count). The zero-order valence-electron chi connectivity index (χ0n) is 23.7. The number of rotatable bonds is 8. The van der Waals surface area contributed by atoms with Gasteiger partial charge in [0.05, 0.1) is 17.9 Å². The summed E-state index contributed by atoms with van der Waals surface area (Å²) in [5.74, 6) is 1.02. The van der Waals surface area contributed by atoms with Gasteiger partial charge in [-0.2, -0.15) is 0 Å². The van der Waals surface area contributed by atoms with E-state index in [1.54, 1.807) is 25.3 Å². The van der Waals surface area contributed by atoms with E-state index in [0.29, 0.717) is 17.2 Å². The molecule has 0 spiro atoms. The fourth-order valence-corrected chi connectivity index (χ4v) is 7.30. The second-order valence-electron chi connectivity index (χ2n) is 11.3. The largest absolute Gasteiger partial charge is 0.496 e. The lowest BCUT2D eigenvalue weighted by molar-refractivity contribution is 0.302. The second-order valence-corrected chi connectivity index (χ2v) is 13.2. The molecular weight excluding hydrogens is 529 g/mol. The first-order valence-electron chi connectivity index (χ1n) is 13.6. The first kappa shape index (κ1) is 28.3. The predicted molar refractivity (Wildman–Crippen MR) is 161 cm³/mol. The van der Waals surface area contributed by atoms with Crippen molar-refractivity contribution in [2.45, 2.75) is 70.8 Å². The molecule has 40 heavy (non-hydrogen) atoms. The summed E-state index contributed by atoms with van der Waals surface area (Å²) in [5, 5.41) is 3.35. The van der Waals surface area contributed by atoms with E-state index in [1.807, 2.05) is 19.1 Å². The van der Waals surface area contributed by atoms with Gasteiger partial charge in [-0.05, 0) is 81.5 Å². The van der Waals surface area contributed by atoms with Crippen LogP contribution in [0.4, 0.5) is 10.1 Å². The number of aryl methyl sites for hydroxylation is 1. The smallest absolute Gasteiger partial charge is 0.144 e. The minimum absolute atomic E-state index is 0.208. The summed E-state index contributed by atoms with van der Waals surface area (Å²) in [5.41, 5.74) is 6.40. The SMILES string of the molecule is COc1cc(OS(O)(O)C2CCCC2)ccc1-c1ccc2c(c1COc1cc(F)ccc1C)C(C)=CC(C)(C)N2. The summed E-state index contributed by atoms with van der Waals surface area (Å²) in [7, 11) is -1.64. The number of hydrogen-bond acceptors (Lipinski definition) is 6. The topological polar surface area (TPSA) is 80.2 Å². The quantitative estimate of drug-likeness (QED) is 0.252. The van der Waals surface area contributed by atoms with Crippen molar-refractivity contribution in [1.82, 2.24) is 0 Å². The number of nitrogens with one attached hydrogen (secondary N) is 1. The number of halogens is 1. The van der Waals surface area contributed by atoms with Crippen LogP contribution in [0.1, 0.15) is 63.1 Å². The molecule has 3 aromatic carbocycles. The Labute approximate surface area is 237 Å². The maximum absolute atomic E-state index is 14.0. The predicted octanol–water partition coefficient (Wildman–Crippen LogP) is 8.98. The van der Waals surface area contributed by atoms with Crippen molar-refractivity contribution in [1.29, 1.82) is 0 Å². The van der Waals surface area contributed by atoms with Gasteiger partial charge >= 0.3 is 0 Å². The van der Waals surface area contributed by atoms with Crippen molar-refractivity contribution in [3.8, 4) is 28.4 Å². The first-order valence-corrected chi connectivity index (χ1v) is 15.2. The minimum Gasteiger partial charge on any atom is -0.496 e. The summed E-state index contributed by atoms with van der Waals surface area (Å²) in [6.07, 6.45) is 5.64. The Morgan fingerprint density at radius 3 is 2.42 bits per heavy atom. The lowest BCUT2D eigenvalue weighted by Crippen LogP contribution is -2.32. The molecule has 2 aliphatic rings. The number of allylic oxidation sites excluding steroid dienone is 1. The van der Waals surface area contributed by atoms with Gasteiger partial charge in [0.2, 0.25) is 0 Å². The Morgan fingerprint density at radius 1 is 0.975 bits per heavy atom. The molecule has 0 aromatic heterocycles. The van der Waals surface area contributed by atoms with E-state index >= 15 is 0 Å². The van der Waals surface area contributed by atoms with E-state index in [-0.39, 0.29) is 23.2 Å². The lowest BCUT2D eigenvalue weighted by atomic mass is 9.85. The highest BCUT2D eigenvalue weighted by Gasteiger charge is 2.35. The molecule has 0 amide bonds. The molecule has 1 aliphatic heterocycles. The van der Waals surface area contributed by atoms with Gasteiger partial charge in [0.25, 0.3) is 0 Å². The van der Waals surface area contributed by atoms with Crippen molar-refractivity contribution >= 4 is 22.1 Å². The zero-order valence-corrected chi connectivity index (χ0v) is 24.5. The van der Waals surface area contributed by atoms with Crippen LogP contribution in [0.5, 0.6) is 17.2 Å². The summed E-state index contributed by atoms with van der Waals surface area (Å²) >= 11 is 0. The fraction of sp³-hybridized carbons (Fsp3) is 0.375. The molecule has 8 heteroatoms. The Bertz CT molecular complexity index is 1450. The molecule has 3 N–H and O–H groups in total. The number of benzene rings is 3. The van der Waals surface area contributed by atoms with Gasteiger partial charge in [-0.25, -0.2) is 4.39 Å². The Morgan fingerprint density at radius 2 is 1.70 bits per heavy atom. The molecule has 1 aliphatic carbocycles. The van der Waals surface area contributed by atoms with Gasteiger partial charge in [0, 0.05) is 34.5 Å². The van der Waals surface area contributed by atoms with Gasteiger partial charge < -0.3 is 19.0 Å². The maximum atomic E-state index is 14.0. The minimum atomic E-state index is -3.22. The number of ether oxygens (including phenoxy) is 2. The molecule has 0 radical (unpaired) electrons. The monoisotopic (exact) mass is 567 g/mol. The van der Waals surface area contributed by atoms with Gasteiger partial charge in [-0.1, -0.05) is 31.1 Å². The molecule has 3 aromatic rings. The third-order valence-corrected chi connectivity index (χ3v) is 9.46. The average molecular weight is 568 g/mol. The van der Waals surface area contributed by atoms with Crippen molar-refractivity contribution < 1.29 is 27.2 Å². The number of methoxy groups -OCH3 is 1. The molecule has 0 saturated heterocycles. The van der Waals surface area contributed by atoms with Crippen LogP contribution in [-0.2, 0) is 6.61 Å². The van der Waals surface area contributed by atoms with Crippen LogP contribution in [-0.4, -0.2) is 27.0 Å². The molecular formula is C32H38FNO5S. The van der Waals surface area contributed by atoms with Gasteiger partial charge in [0.15, 0.2) is 0 Å². The molecule has 6 nitrogen and oxygen atoms in total. The van der Waals surface area contributed by atoms with Crippen molar-refractivity contribution in [2.24, 2.45) is 0 Å². The van der Waals surface area contributed by atoms with Gasteiger partial charge in [0.1, 0.15) is 40.5 Å². The lowest BCUT2D eigenvalue weighted by Gasteiger charge is -2.34. The molecule has 1 fully saturated rings. The van der Waals surface area contributed by atoms with Crippen LogP contribution in [0.3, 0.4) is 0 Å². The number of anilines is 1. The van der Waals surface area contributed by atoms with E-state index in [9.17, 15) is 13.5 Å². The van der Waals surface area contributed by atoms with Crippen LogP contribution in [0, 0.1) is 12.7 Å². The molecule has 0 atom stereocenters. The standard InChI is InChI=1S/C32H38FNO5S/c1-20-10-11-22(33)16-29(20)38-19-27-25(14-15-28-31(27)21(2)18-32(3,4)34-28)26-13-12-23(17-30(26)37-5)39-40(35,36)24-8-6-7-9-24/h10-18,24,34-36H,6-9,19H2,1-5H3. The fourth-order valence-electron chi connectivity index (χ4n) is 5.83. The molecule has 0 bridgehead atoms. The maximum Gasteiger partial charge on any atom is 0.144 e. The van der Waals surface area contributed by atoms with Crippen molar-refractivity contribution in [3.63, 3.8) is 0 Å². The zero-order chi connectivity index (χ0) is 28.7. The Balaban J connectivity index is 1.56. The van der Waals surface area contributed by atoms with Crippen LogP contribution in [0.2, 0.25) is 0 Å². The molecule has 1 heterocycles. The highest BCUT2D eigenvalue weighted by molar-refractivity contribution is 8.21. The molecule has 1 saturated carbocycles. The van der Waals surface area contributed by atoms with Crippen LogP contribution >= 0.6 is 10.9 Å². The summed E-state index contributed by atoms with van der Waals surface area (Å²) < 4.78 is 53.2. The molecule has 0 unspecified atom stereocenters. The highest BCUT2D eigenvalue weighted by Crippen LogP contribution is 2.53. The Hall–Kier alpha value is -3.20. The average Bonchev–Trinajstić information content (AvgIpc) is 3.44. The molecule has 214 valence electrons. The summed E-state index contributed by atoms with van der Waals surface area (Å²) in [4.78, 5) is 0. The summed E-state index contributed by atoms with van der Waals surface area (Å²) in [6.45, 7) is 8.43. The van der Waals surface area contributed by atoms with Gasteiger partial charge in [-0.3, -0.25) is 9.11 Å². The van der Waals surface area contributed by atoms with E-state index < -0.39 is 10.9 Å². The van der Waals surface area contributed by atoms with E-state index in [2.05, 4.69) is 38.2 Å². The third-order valence-electron chi connectivity index (χ3n) is 7.68. The summed E-state index contributed by atoms with van der Waals surface area (Å²) in [6, 6.07) is 13.9. The Kier molecular flexibility index (Phi) is 7.79. The second kappa shape index (κ2) is 11.0. The van der Waals surface area contributed by atoms with Crippen molar-refractivity contribution in [2.75, 3.05) is 12.4 Å². The van der Waals surface area contributed by atoms with Crippen LogP contribution in [0.25, 0.3) is 16.7 Å². The number of fused-ring (bicyclic) bond motifs is 1. The first-order chi connectivity index (χ1) is 19.0. The van der Waals surface area contributed by atoms with Crippen molar-refractivity contribution in [3.05, 3.63) is 77.1 Å². The van der Waals surface area contributed by atoms with Crippen LogP contribution < -0.4 is 19.0 Å². The van der Waals surface area contributed by atoms with Gasteiger partial charge in [-0.15, -0.1) is 0 Å². The van der Waals surface area contributed by atoms with Crippen LogP contribution in [0.15, 0.2) is 54.6 Å².